The average molecular weight is 792 g/mol. The summed E-state index contributed by atoms with van der Waals surface area (Å²) in [6, 6.07) is 0. The molecule has 0 aromatic carbocycles. The van der Waals surface area contributed by atoms with E-state index in [1.807, 2.05) is 26.2 Å². The molecule has 56 heavy (non-hydrogen) atoms. The lowest BCUT2D eigenvalue weighted by Gasteiger charge is -2.25. The molecule has 0 aliphatic heterocycles. The van der Waals surface area contributed by atoms with Crippen LogP contribution in [-0.2, 0) is 38.1 Å². The van der Waals surface area contributed by atoms with Gasteiger partial charge < -0.3 is 28.6 Å². The molecule has 9 heteroatoms. The largest absolute Gasteiger partial charge is 0.498 e. The first-order chi connectivity index (χ1) is 27.3. The van der Waals surface area contributed by atoms with Crippen molar-refractivity contribution in [1.29, 1.82) is 0 Å². The zero-order valence-electron chi connectivity index (χ0n) is 36.7. The fourth-order valence-electron chi connectivity index (χ4n) is 6.77. The second-order valence-corrected chi connectivity index (χ2v) is 16.1. The van der Waals surface area contributed by atoms with E-state index in [9.17, 15) is 14.4 Å². The van der Waals surface area contributed by atoms with Crippen molar-refractivity contribution < 1.29 is 38.1 Å². The summed E-state index contributed by atoms with van der Waals surface area (Å²) in [4.78, 5) is 38.6. The second-order valence-electron chi connectivity index (χ2n) is 16.1. The average Bonchev–Trinajstić information content (AvgIpc) is 3.18. The van der Waals surface area contributed by atoms with Gasteiger partial charge in [0.1, 0.15) is 12.4 Å². The summed E-state index contributed by atoms with van der Waals surface area (Å²) in [6.45, 7) is 7.97. The van der Waals surface area contributed by atoms with Gasteiger partial charge in [-0.25, -0.2) is 0 Å². The lowest BCUT2D eigenvalue weighted by molar-refractivity contribution is -0.145. The minimum atomic E-state index is -0.175. The summed E-state index contributed by atoms with van der Waals surface area (Å²) in [5.74, 6) is 1.38. The number of nitrogens with zero attached hydrogens (tertiary/aromatic N) is 1. The highest BCUT2D eigenvalue weighted by molar-refractivity contribution is 5.69. The lowest BCUT2D eigenvalue weighted by atomic mass is 9.97. The van der Waals surface area contributed by atoms with Crippen molar-refractivity contribution in [3.63, 3.8) is 0 Å². The highest BCUT2D eigenvalue weighted by atomic mass is 16.5. The molecule has 0 N–H and O–H groups in total. The first-order valence-electron chi connectivity index (χ1n) is 23.1. The van der Waals surface area contributed by atoms with Crippen molar-refractivity contribution in [3.8, 4) is 0 Å². The molecule has 1 aliphatic carbocycles. The number of hydrogen-bond acceptors (Lipinski definition) is 9. The van der Waals surface area contributed by atoms with Gasteiger partial charge in [0.15, 0.2) is 0 Å². The molecule has 0 heterocycles. The van der Waals surface area contributed by atoms with E-state index < -0.39 is 0 Å². The Morgan fingerprint density at radius 1 is 0.500 bits per heavy atom. The Bertz CT molecular complexity index is 1030. The van der Waals surface area contributed by atoms with E-state index in [2.05, 4.69) is 18.7 Å². The van der Waals surface area contributed by atoms with Crippen molar-refractivity contribution in [3.05, 3.63) is 23.7 Å². The Kier molecular flexibility index (Phi) is 34.9. The molecule has 0 aromatic heterocycles. The zero-order valence-corrected chi connectivity index (χ0v) is 36.7. The van der Waals surface area contributed by atoms with Gasteiger partial charge in [0.25, 0.3) is 0 Å². The van der Waals surface area contributed by atoms with Crippen LogP contribution in [0.25, 0.3) is 0 Å². The summed E-state index contributed by atoms with van der Waals surface area (Å²) in [6.07, 6.45) is 33.8. The zero-order chi connectivity index (χ0) is 40.7. The van der Waals surface area contributed by atoms with E-state index in [4.69, 9.17) is 23.7 Å². The maximum Gasteiger partial charge on any atom is 0.305 e. The molecule has 1 unspecified atom stereocenters. The number of rotatable bonds is 40. The third kappa shape index (κ3) is 32.5. The predicted octanol–water partition coefficient (Wildman–Crippen LogP) is 12.0. The fourth-order valence-corrected chi connectivity index (χ4v) is 6.77. The molecule has 0 amide bonds. The number of esters is 3. The van der Waals surface area contributed by atoms with Gasteiger partial charge in [-0.15, -0.1) is 0 Å². The minimum absolute atomic E-state index is 0.0616. The van der Waals surface area contributed by atoms with Crippen molar-refractivity contribution in [1.82, 2.24) is 4.90 Å². The third-order valence-corrected chi connectivity index (χ3v) is 10.3. The monoisotopic (exact) mass is 792 g/mol. The number of carbonyl (C=O) groups excluding carboxylic acids is 3. The molecule has 9 nitrogen and oxygen atoms in total. The standard InChI is InChI=1S/C47H85NO8/c1-5-7-9-11-13-19-27-38-54-45(49)30-23-17-15-21-25-36-52-43-33-34-44(42(40-43)41-56-47(51)32-29-35-48(3)4)53-37-26-22-16-18-24-31-46(50)55-39-28-20-14-12-10-8-6-2/h33-34,42H,5-32,35-41H2,1-4H3. The van der Waals surface area contributed by atoms with Crippen LogP contribution in [0.5, 0.6) is 0 Å². The van der Waals surface area contributed by atoms with Crippen molar-refractivity contribution in [2.45, 2.75) is 200 Å². The summed E-state index contributed by atoms with van der Waals surface area (Å²) < 4.78 is 28.9. The summed E-state index contributed by atoms with van der Waals surface area (Å²) in [5, 5.41) is 0. The topological polar surface area (TPSA) is 101 Å². The van der Waals surface area contributed by atoms with Crippen LogP contribution in [0.1, 0.15) is 200 Å². The van der Waals surface area contributed by atoms with Crippen LogP contribution >= 0.6 is 0 Å². The number of ether oxygens (including phenoxy) is 5. The minimum Gasteiger partial charge on any atom is -0.498 e. The smallest absolute Gasteiger partial charge is 0.305 e. The van der Waals surface area contributed by atoms with Gasteiger partial charge in [-0.2, -0.15) is 0 Å². The summed E-state index contributed by atoms with van der Waals surface area (Å²) >= 11 is 0. The van der Waals surface area contributed by atoms with Crippen LogP contribution in [0.15, 0.2) is 23.7 Å². The molecule has 0 spiro atoms. The van der Waals surface area contributed by atoms with E-state index in [0.29, 0.717) is 52.1 Å². The molecule has 0 saturated heterocycles. The lowest BCUT2D eigenvalue weighted by Crippen LogP contribution is -2.22. The Balaban J connectivity index is 2.27. The van der Waals surface area contributed by atoms with Gasteiger partial charge in [0, 0.05) is 25.7 Å². The number of unbranched alkanes of at least 4 members (excludes halogenated alkanes) is 20. The fraction of sp³-hybridized carbons (Fsp3) is 0.851. The maximum atomic E-state index is 12.5. The molecular formula is C47H85NO8. The molecule has 0 fully saturated rings. The van der Waals surface area contributed by atoms with E-state index in [1.54, 1.807) is 0 Å². The quantitative estimate of drug-likeness (QED) is 0.0341. The Morgan fingerprint density at radius 2 is 0.911 bits per heavy atom. The van der Waals surface area contributed by atoms with Gasteiger partial charge in [-0.1, -0.05) is 129 Å². The Labute approximate surface area is 343 Å². The summed E-state index contributed by atoms with van der Waals surface area (Å²) in [5.41, 5.74) is 0. The van der Waals surface area contributed by atoms with Gasteiger partial charge >= 0.3 is 17.9 Å². The van der Waals surface area contributed by atoms with Crippen LogP contribution in [0, 0.1) is 5.92 Å². The molecule has 1 rings (SSSR count). The van der Waals surface area contributed by atoms with Gasteiger partial charge in [-0.05, 0) is 77.7 Å². The highest BCUT2D eigenvalue weighted by Crippen LogP contribution is 2.28. The van der Waals surface area contributed by atoms with Crippen LogP contribution in [0.4, 0.5) is 0 Å². The van der Waals surface area contributed by atoms with Crippen LogP contribution < -0.4 is 0 Å². The molecule has 0 bridgehead atoms. The predicted molar refractivity (Wildman–Crippen MR) is 228 cm³/mol. The molecule has 1 aliphatic rings. The molecule has 1 atom stereocenters. The molecule has 0 aromatic rings. The van der Waals surface area contributed by atoms with Gasteiger partial charge in [0.05, 0.1) is 38.1 Å². The van der Waals surface area contributed by atoms with E-state index in [1.165, 1.54) is 64.2 Å². The third-order valence-electron chi connectivity index (χ3n) is 10.3. The van der Waals surface area contributed by atoms with E-state index in [0.717, 1.165) is 114 Å². The Hall–Kier alpha value is -2.55. The van der Waals surface area contributed by atoms with Crippen molar-refractivity contribution in [2.75, 3.05) is 53.7 Å². The van der Waals surface area contributed by atoms with Gasteiger partial charge in [0.2, 0.25) is 0 Å². The SMILES string of the molecule is CCCCCCCCCOC(=O)CCCCCCCOC1=CC=C(OCCCCCCCC(=O)OCCCCCCCCC)C(COC(=O)CCCN(C)C)C1. The Morgan fingerprint density at radius 3 is 1.41 bits per heavy atom. The number of allylic oxidation sites excluding steroid dienone is 3. The van der Waals surface area contributed by atoms with Gasteiger partial charge in [-0.3, -0.25) is 14.4 Å². The first kappa shape index (κ1) is 51.5. The highest BCUT2D eigenvalue weighted by Gasteiger charge is 2.24. The molecule has 0 saturated carbocycles. The number of carbonyl (C=O) groups is 3. The van der Waals surface area contributed by atoms with Crippen LogP contribution in [0.2, 0.25) is 0 Å². The maximum absolute atomic E-state index is 12.5. The van der Waals surface area contributed by atoms with Crippen LogP contribution in [-0.4, -0.2) is 76.5 Å². The van der Waals surface area contributed by atoms with Crippen LogP contribution in [0.3, 0.4) is 0 Å². The number of hydrogen-bond donors (Lipinski definition) is 0. The molecule has 326 valence electrons. The van der Waals surface area contributed by atoms with E-state index >= 15 is 0 Å². The van der Waals surface area contributed by atoms with E-state index in [-0.39, 0.29) is 30.4 Å². The normalized spacial score (nSPS) is 14.0. The molecule has 0 radical (unpaired) electrons. The van der Waals surface area contributed by atoms with Crippen molar-refractivity contribution in [2.24, 2.45) is 5.92 Å². The molecular weight excluding hydrogens is 707 g/mol. The van der Waals surface area contributed by atoms with Crippen molar-refractivity contribution >= 4 is 17.9 Å². The second kappa shape index (κ2) is 38.0. The summed E-state index contributed by atoms with van der Waals surface area (Å²) in [7, 11) is 4.00. The first-order valence-corrected chi connectivity index (χ1v) is 23.1.